The number of methoxy groups -OCH3 is 1. The molecule has 1 aromatic carbocycles. The van der Waals surface area contributed by atoms with Crippen LogP contribution in [-0.4, -0.2) is 19.2 Å². The average molecular weight is 206 g/mol. The topological polar surface area (TPSA) is 44.8 Å². The molecule has 0 radical (unpaired) electrons. The number of ether oxygens (including phenoxy) is 3. The molecule has 4 nitrogen and oxygen atoms in total. The quantitative estimate of drug-likeness (QED) is 0.652. The molecule has 1 aromatic rings. The van der Waals surface area contributed by atoms with Crippen molar-refractivity contribution < 1.29 is 19.0 Å². The monoisotopic (exact) mass is 206 g/mol. The van der Waals surface area contributed by atoms with E-state index in [1.165, 1.54) is 0 Å². The third-order valence-corrected chi connectivity index (χ3v) is 2.77. The molecule has 0 aliphatic carbocycles. The van der Waals surface area contributed by atoms with E-state index < -0.39 is 0 Å². The van der Waals surface area contributed by atoms with Crippen LogP contribution >= 0.6 is 0 Å². The third kappa shape index (κ3) is 1.17. The molecule has 1 saturated heterocycles. The molecule has 1 fully saturated rings. The van der Waals surface area contributed by atoms with Gasteiger partial charge in [-0.15, -0.1) is 0 Å². The van der Waals surface area contributed by atoms with Gasteiger partial charge in [-0.05, 0) is 18.2 Å². The van der Waals surface area contributed by atoms with E-state index in [1.54, 1.807) is 7.11 Å². The summed E-state index contributed by atoms with van der Waals surface area (Å²) in [5.74, 6) is 1.35. The smallest absolute Gasteiger partial charge is 0.310 e. The largest absolute Gasteiger partial charge is 0.497 e. The van der Waals surface area contributed by atoms with E-state index >= 15 is 0 Å². The standard InChI is InChI=1S/C11H10O4/c1-13-6-2-3-8-7(4-6)11-9(14-8)5-10(12)15-11/h2-4,9,11H,5H2,1H3. The van der Waals surface area contributed by atoms with Gasteiger partial charge in [-0.25, -0.2) is 0 Å². The van der Waals surface area contributed by atoms with Crippen LogP contribution in [-0.2, 0) is 9.53 Å². The molecule has 0 spiro atoms. The maximum Gasteiger partial charge on any atom is 0.310 e. The van der Waals surface area contributed by atoms with E-state index in [-0.39, 0.29) is 18.2 Å². The van der Waals surface area contributed by atoms with Crippen LogP contribution in [0.3, 0.4) is 0 Å². The Bertz CT molecular complexity index is 427. The van der Waals surface area contributed by atoms with Crippen molar-refractivity contribution in [2.24, 2.45) is 0 Å². The van der Waals surface area contributed by atoms with E-state index in [4.69, 9.17) is 14.2 Å². The Morgan fingerprint density at radius 3 is 3.07 bits per heavy atom. The highest BCUT2D eigenvalue weighted by Gasteiger charge is 2.44. The fourth-order valence-corrected chi connectivity index (χ4v) is 2.05. The number of benzene rings is 1. The second-order valence-corrected chi connectivity index (χ2v) is 3.67. The first-order chi connectivity index (χ1) is 7.28. The molecular weight excluding hydrogens is 196 g/mol. The molecule has 4 heteroatoms. The van der Waals surface area contributed by atoms with Gasteiger partial charge in [0.15, 0.2) is 12.2 Å². The summed E-state index contributed by atoms with van der Waals surface area (Å²) in [4.78, 5) is 11.1. The first-order valence-corrected chi connectivity index (χ1v) is 4.82. The van der Waals surface area contributed by atoms with E-state index in [0.29, 0.717) is 6.42 Å². The molecule has 0 saturated carbocycles. The van der Waals surface area contributed by atoms with Gasteiger partial charge in [-0.2, -0.15) is 0 Å². The molecule has 0 N–H and O–H groups in total. The highest BCUT2D eigenvalue weighted by Crippen LogP contribution is 2.45. The molecule has 2 heterocycles. The summed E-state index contributed by atoms with van der Waals surface area (Å²) < 4.78 is 15.9. The van der Waals surface area contributed by atoms with Gasteiger partial charge >= 0.3 is 5.97 Å². The van der Waals surface area contributed by atoms with Crippen molar-refractivity contribution in [3.05, 3.63) is 23.8 Å². The molecule has 0 aromatic heterocycles. The van der Waals surface area contributed by atoms with Gasteiger partial charge in [0.05, 0.1) is 13.5 Å². The Labute approximate surface area is 86.7 Å². The lowest BCUT2D eigenvalue weighted by molar-refractivity contribution is -0.141. The predicted octanol–water partition coefficient (Wildman–Crippen LogP) is 1.44. The van der Waals surface area contributed by atoms with Crippen LogP contribution in [0.5, 0.6) is 11.5 Å². The number of rotatable bonds is 1. The number of carbonyl (C=O) groups is 1. The van der Waals surface area contributed by atoms with Gasteiger partial charge in [0.25, 0.3) is 0 Å². The summed E-state index contributed by atoms with van der Waals surface area (Å²) >= 11 is 0. The van der Waals surface area contributed by atoms with Crippen LogP contribution in [0.2, 0.25) is 0 Å². The van der Waals surface area contributed by atoms with Crippen molar-refractivity contribution in [3.63, 3.8) is 0 Å². The number of hydrogen-bond donors (Lipinski definition) is 0. The van der Waals surface area contributed by atoms with Crippen molar-refractivity contribution in [1.82, 2.24) is 0 Å². The van der Waals surface area contributed by atoms with Crippen molar-refractivity contribution in [2.75, 3.05) is 7.11 Å². The third-order valence-electron chi connectivity index (χ3n) is 2.77. The fraction of sp³-hybridized carbons (Fsp3) is 0.364. The second-order valence-electron chi connectivity index (χ2n) is 3.67. The number of carbonyl (C=O) groups excluding carboxylic acids is 1. The molecule has 2 aliphatic heterocycles. The van der Waals surface area contributed by atoms with Gasteiger partial charge in [0, 0.05) is 5.56 Å². The van der Waals surface area contributed by atoms with Gasteiger partial charge in [-0.1, -0.05) is 0 Å². The Kier molecular flexibility index (Phi) is 1.65. The van der Waals surface area contributed by atoms with Crippen molar-refractivity contribution in [3.8, 4) is 11.5 Å². The zero-order valence-corrected chi connectivity index (χ0v) is 8.23. The molecule has 15 heavy (non-hydrogen) atoms. The molecule has 2 aliphatic rings. The Hall–Kier alpha value is -1.71. The summed E-state index contributed by atoms with van der Waals surface area (Å²) in [7, 11) is 1.61. The lowest BCUT2D eigenvalue weighted by Gasteiger charge is -2.06. The summed E-state index contributed by atoms with van der Waals surface area (Å²) in [6.45, 7) is 0. The first kappa shape index (κ1) is 8.59. The number of hydrogen-bond acceptors (Lipinski definition) is 4. The van der Waals surface area contributed by atoms with Crippen molar-refractivity contribution in [1.29, 1.82) is 0 Å². The highest BCUT2D eigenvalue weighted by molar-refractivity contribution is 5.74. The Balaban J connectivity index is 2.02. The van der Waals surface area contributed by atoms with Crippen LogP contribution in [0.25, 0.3) is 0 Å². The maximum atomic E-state index is 11.1. The summed E-state index contributed by atoms with van der Waals surface area (Å²) in [6, 6.07) is 5.54. The molecule has 3 rings (SSSR count). The van der Waals surface area contributed by atoms with Gasteiger partial charge in [-0.3, -0.25) is 4.79 Å². The van der Waals surface area contributed by atoms with Crippen molar-refractivity contribution >= 4 is 5.97 Å². The fourth-order valence-electron chi connectivity index (χ4n) is 2.05. The zero-order chi connectivity index (χ0) is 10.4. The normalized spacial score (nSPS) is 26.6. The molecule has 0 bridgehead atoms. The second kappa shape index (κ2) is 2.89. The minimum atomic E-state index is -0.248. The number of fused-ring (bicyclic) bond motifs is 3. The SMILES string of the molecule is COc1ccc2c(c1)C1OC(=O)CC1O2. The molecule has 2 unspecified atom stereocenters. The number of esters is 1. The Morgan fingerprint density at radius 2 is 2.27 bits per heavy atom. The summed E-state index contributed by atoms with van der Waals surface area (Å²) in [5.41, 5.74) is 0.908. The lowest BCUT2D eigenvalue weighted by atomic mass is 10.1. The maximum absolute atomic E-state index is 11.1. The predicted molar refractivity (Wildman–Crippen MR) is 50.9 cm³/mol. The van der Waals surface area contributed by atoms with Crippen molar-refractivity contribution in [2.45, 2.75) is 18.6 Å². The van der Waals surface area contributed by atoms with Crippen LogP contribution in [0, 0.1) is 0 Å². The summed E-state index contributed by atoms with van der Waals surface area (Å²) in [5, 5.41) is 0. The molecule has 0 amide bonds. The van der Waals surface area contributed by atoms with Gasteiger partial charge < -0.3 is 14.2 Å². The molecule has 2 atom stereocenters. The highest BCUT2D eigenvalue weighted by atomic mass is 16.6. The van der Waals surface area contributed by atoms with Crippen LogP contribution in [0.1, 0.15) is 18.1 Å². The van der Waals surface area contributed by atoms with Crippen LogP contribution < -0.4 is 9.47 Å². The van der Waals surface area contributed by atoms with E-state index in [1.807, 2.05) is 18.2 Å². The summed E-state index contributed by atoms with van der Waals surface area (Å²) in [6.07, 6.45) is -0.0658. The van der Waals surface area contributed by atoms with Gasteiger partial charge in [0.2, 0.25) is 0 Å². The van der Waals surface area contributed by atoms with E-state index in [2.05, 4.69) is 0 Å². The molecular formula is C11H10O4. The zero-order valence-electron chi connectivity index (χ0n) is 8.23. The Morgan fingerprint density at radius 1 is 1.40 bits per heavy atom. The van der Waals surface area contributed by atoms with Crippen LogP contribution in [0.4, 0.5) is 0 Å². The van der Waals surface area contributed by atoms with E-state index in [0.717, 1.165) is 17.1 Å². The minimum absolute atomic E-state index is 0.153. The average Bonchev–Trinajstić information content (AvgIpc) is 2.73. The minimum Gasteiger partial charge on any atom is -0.497 e. The van der Waals surface area contributed by atoms with E-state index in [9.17, 15) is 4.79 Å². The first-order valence-electron chi connectivity index (χ1n) is 4.82. The lowest BCUT2D eigenvalue weighted by Crippen LogP contribution is -2.11. The van der Waals surface area contributed by atoms with Gasteiger partial charge in [0.1, 0.15) is 11.5 Å². The van der Waals surface area contributed by atoms with Crippen LogP contribution in [0.15, 0.2) is 18.2 Å². The molecule has 78 valence electrons.